The summed E-state index contributed by atoms with van der Waals surface area (Å²) in [5, 5.41) is 12.8. The maximum atomic E-state index is 11.0. The van der Waals surface area contributed by atoms with Crippen molar-refractivity contribution in [1.29, 1.82) is 0 Å². The van der Waals surface area contributed by atoms with E-state index in [9.17, 15) is 4.79 Å². The minimum Gasteiger partial charge on any atom is -0.480 e. The van der Waals surface area contributed by atoms with Crippen molar-refractivity contribution in [1.82, 2.24) is 10.2 Å². The molecule has 0 spiro atoms. The number of nitrogens with one attached hydrogen (secondary N) is 1. The standard InChI is InChI=1S/C18H32N2O2/c1-13(2)5-4-6-14(3)19-16-9-17(10-16)20(12-18(21)22)11-15-7-8-15/h5,14-17,19H,4,6-12H2,1-3H3,(H,21,22). The summed E-state index contributed by atoms with van der Waals surface area (Å²) in [5.74, 6) is 0.0708. The zero-order valence-electron chi connectivity index (χ0n) is 14.3. The van der Waals surface area contributed by atoms with Crippen LogP contribution in [0, 0.1) is 5.92 Å². The third-order valence-electron chi connectivity index (χ3n) is 4.83. The van der Waals surface area contributed by atoms with Gasteiger partial charge in [0.05, 0.1) is 6.54 Å². The van der Waals surface area contributed by atoms with Crippen LogP contribution < -0.4 is 5.32 Å². The zero-order valence-corrected chi connectivity index (χ0v) is 14.3. The van der Waals surface area contributed by atoms with Gasteiger partial charge in [0.1, 0.15) is 0 Å². The van der Waals surface area contributed by atoms with Crippen LogP contribution in [0.3, 0.4) is 0 Å². The fraction of sp³-hybridized carbons (Fsp3) is 0.833. The van der Waals surface area contributed by atoms with Gasteiger partial charge >= 0.3 is 5.97 Å². The third-order valence-corrected chi connectivity index (χ3v) is 4.83. The van der Waals surface area contributed by atoms with Gasteiger partial charge in [-0.05, 0) is 65.2 Å². The first-order valence-corrected chi connectivity index (χ1v) is 8.79. The monoisotopic (exact) mass is 308 g/mol. The minimum absolute atomic E-state index is 0.212. The van der Waals surface area contributed by atoms with E-state index in [4.69, 9.17) is 5.11 Å². The number of carbonyl (C=O) groups is 1. The minimum atomic E-state index is -0.688. The average Bonchev–Trinajstić information content (AvgIpc) is 3.15. The van der Waals surface area contributed by atoms with Crippen molar-refractivity contribution in [2.24, 2.45) is 5.92 Å². The van der Waals surface area contributed by atoms with Crippen molar-refractivity contribution in [2.45, 2.75) is 77.4 Å². The van der Waals surface area contributed by atoms with Crippen LogP contribution in [0.5, 0.6) is 0 Å². The molecule has 0 heterocycles. The predicted octanol–water partition coefficient (Wildman–Crippen LogP) is 3.04. The highest BCUT2D eigenvalue weighted by molar-refractivity contribution is 5.69. The summed E-state index contributed by atoms with van der Waals surface area (Å²) in [5.41, 5.74) is 1.39. The SMILES string of the molecule is CC(C)=CCCC(C)NC1CC(N(CC(=O)O)CC2CC2)C1. The van der Waals surface area contributed by atoms with Crippen molar-refractivity contribution >= 4 is 5.97 Å². The van der Waals surface area contributed by atoms with Crippen molar-refractivity contribution in [3.63, 3.8) is 0 Å². The predicted molar refractivity (Wildman–Crippen MR) is 90.0 cm³/mol. The molecule has 2 N–H and O–H groups in total. The molecule has 0 amide bonds. The van der Waals surface area contributed by atoms with Gasteiger partial charge < -0.3 is 10.4 Å². The van der Waals surface area contributed by atoms with Crippen molar-refractivity contribution in [3.05, 3.63) is 11.6 Å². The molecule has 0 aliphatic heterocycles. The number of rotatable bonds is 10. The van der Waals surface area contributed by atoms with Crippen LogP contribution in [-0.4, -0.2) is 47.2 Å². The molecule has 4 heteroatoms. The number of hydrogen-bond acceptors (Lipinski definition) is 3. The molecular weight excluding hydrogens is 276 g/mol. The molecule has 126 valence electrons. The van der Waals surface area contributed by atoms with Crippen LogP contribution in [0.4, 0.5) is 0 Å². The van der Waals surface area contributed by atoms with Gasteiger partial charge in [0.2, 0.25) is 0 Å². The summed E-state index contributed by atoms with van der Waals surface area (Å²) in [6.45, 7) is 7.74. The van der Waals surface area contributed by atoms with Gasteiger partial charge in [-0.15, -0.1) is 0 Å². The van der Waals surface area contributed by atoms with Crippen molar-refractivity contribution in [3.8, 4) is 0 Å². The lowest BCUT2D eigenvalue weighted by Crippen LogP contribution is -2.55. The Labute approximate surface area is 135 Å². The van der Waals surface area contributed by atoms with Gasteiger partial charge in [0.25, 0.3) is 0 Å². The van der Waals surface area contributed by atoms with E-state index in [0.717, 1.165) is 31.7 Å². The molecule has 2 rings (SSSR count). The van der Waals surface area contributed by atoms with Gasteiger partial charge in [0.15, 0.2) is 0 Å². The molecular formula is C18H32N2O2. The number of nitrogens with zero attached hydrogens (tertiary/aromatic N) is 1. The molecule has 1 unspecified atom stereocenters. The molecule has 0 aromatic rings. The Balaban J connectivity index is 1.66. The first-order chi connectivity index (χ1) is 10.4. The molecule has 0 aromatic heterocycles. The molecule has 2 fully saturated rings. The van der Waals surface area contributed by atoms with Gasteiger partial charge in [-0.25, -0.2) is 0 Å². The second-order valence-corrected chi connectivity index (χ2v) is 7.52. The highest BCUT2D eigenvalue weighted by atomic mass is 16.4. The Kier molecular flexibility index (Phi) is 6.45. The highest BCUT2D eigenvalue weighted by Gasteiger charge is 2.37. The van der Waals surface area contributed by atoms with Gasteiger partial charge in [-0.2, -0.15) is 0 Å². The summed E-state index contributed by atoms with van der Waals surface area (Å²) in [4.78, 5) is 13.2. The fourth-order valence-corrected chi connectivity index (χ4v) is 3.28. The molecule has 2 saturated carbocycles. The lowest BCUT2D eigenvalue weighted by molar-refractivity contribution is -0.139. The van der Waals surface area contributed by atoms with Gasteiger partial charge in [-0.3, -0.25) is 9.69 Å². The summed E-state index contributed by atoms with van der Waals surface area (Å²) in [6.07, 6.45) is 9.39. The number of allylic oxidation sites excluding steroid dienone is 2. The third kappa shape index (κ3) is 6.09. The lowest BCUT2D eigenvalue weighted by Gasteiger charge is -2.44. The molecule has 22 heavy (non-hydrogen) atoms. The van der Waals surface area contributed by atoms with E-state index in [2.05, 4.69) is 37.1 Å². The largest absolute Gasteiger partial charge is 0.480 e. The molecule has 2 aliphatic carbocycles. The zero-order chi connectivity index (χ0) is 16.1. The maximum absolute atomic E-state index is 11.0. The second-order valence-electron chi connectivity index (χ2n) is 7.52. The van der Waals surface area contributed by atoms with Gasteiger partial charge in [-0.1, -0.05) is 11.6 Å². The summed E-state index contributed by atoms with van der Waals surface area (Å²) >= 11 is 0. The van der Waals surface area contributed by atoms with Crippen LogP contribution in [0.25, 0.3) is 0 Å². The molecule has 0 aromatic carbocycles. The second kappa shape index (κ2) is 8.11. The van der Waals surface area contributed by atoms with Crippen molar-refractivity contribution < 1.29 is 9.90 Å². The van der Waals surface area contributed by atoms with E-state index in [1.54, 1.807) is 0 Å². The van der Waals surface area contributed by atoms with E-state index in [0.29, 0.717) is 18.1 Å². The van der Waals surface area contributed by atoms with Crippen LogP contribution in [0.15, 0.2) is 11.6 Å². The van der Waals surface area contributed by atoms with E-state index in [1.165, 1.54) is 24.8 Å². The molecule has 0 bridgehead atoms. The van der Waals surface area contributed by atoms with Crippen LogP contribution in [-0.2, 0) is 4.79 Å². The van der Waals surface area contributed by atoms with E-state index >= 15 is 0 Å². The summed E-state index contributed by atoms with van der Waals surface area (Å²) in [7, 11) is 0. The normalized spacial score (nSPS) is 25.6. The Morgan fingerprint density at radius 2 is 2.05 bits per heavy atom. The van der Waals surface area contributed by atoms with Crippen LogP contribution in [0.1, 0.15) is 59.3 Å². The molecule has 4 nitrogen and oxygen atoms in total. The van der Waals surface area contributed by atoms with Crippen molar-refractivity contribution in [2.75, 3.05) is 13.1 Å². The first kappa shape index (κ1) is 17.5. The first-order valence-electron chi connectivity index (χ1n) is 8.79. The Hall–Kier alpha value is -0.870. The fourth-order valence-electron chi connectivity index (χ4n) is 3.28. The number of aliphatic carboxylic acids is 1. The highest BCUT2D eigenvalue weighted by Crippen LogP contribution is 2.33. The molecule has 0 saturated heterocycles. The van der Waals surface area contributed by atoms with E-state index in [-0.39, 0.29) is 6.54 Å². The summed E-state index contributed by atoms with van der Waals surface area (Å²) < 4.78 is 0. The number of carboxylic acids is 1. The Bertz CT molecular complexity index is 394. The van der Waals surface area contributed by atoms with Crippen LogP contribution in [0.2, 0.25) is 0 Å². The van der Waals surface area contributed by atoms with Crippen LogP contribution >= 0.6 is 0 Å². The Morgan fingerprint density at radius 3 is 2.59 bits per heavy atom. The number of carboxylic acid groups (broad SMARTS) is 1. The number of hydrogen-bond donors (Lipinski definition) is 2. The maximum Gasteiger partial charge on any atom is 0.317 e. The molecule has 2 aliphatic rings. The summed E-state index contributed by atoms with van der Waals surface area (Å²) in [6, 6.07) is 1.58. The molecule has 1 atom stereocenters. The molecule has 0 radical (unpaired) electrons. The quantitative estimate of drug-likeness (QED) is 0.609. The average molecular weight is 308 g/mol. The topological polar surface area (TPSA) is 52.6 Å². The van der Waals surface area contributed by atoms with E-state index in [1.807, 2.05) is 0 Å². The lowest BCUT2D eigenvalue weighted by atomic mass is 9.84. The smallest absolute Gasteiger partial charge is 0.317 e. The van der Waals surface area contributed by atoms with Gasteiger partial charge in [0, 0.05) is 24.7 Å². The van der Waals surface area contributed by atoms with E-state index < -0.39 is 5.97 Å². The Morgan fingerprint density at radius 1 is 1.36 bits per heavy atom.